The van der Waals surface area contributed by atoms with E-state index in [1.54, 1.807) is 36.4 Å². The molecule has 1 atom stereocenters. The van der Waals surface area contributed by atoms with Crippen LogP contribution in [-0.4, -0.2) is 15.5 Å². The Morgan fingerprint density at radius 1 is 1.11 bits per heavy atom. The number of hydrogen-bond donors (Lipinski definition) is 1. The number of thiophene rings is 1. The molecule has 5 nitrogen and oxygen atoms in total. The van der Waals surface area contributed by atoms with Crippen LogP contribution in [-0.2, 0) is 11.3 Å². The van der Waals surface area contributed by atoms with Gasteiger partial charge in [0.2, 0.25) is 5.91 Å². The molecule has 0 aliphatic heterocycles. The number of amides is 1. The third-order valence-electron chi connectivity index (χ3n) is 4.38. The SMILES string of the molecule is O=C(Cn1cnc2ccccc2c1=O)N[C@H](c1ccc(F)cc1)c1cccs1. The van der Waals surface area contributed by atoms with Crippen LogP contribution in [0.5, 0.6) is 0 Å². The fourth-order valence-corrected chi connectivity index (χ4v) is 3.81. The molecule has 0 bridgehead atoms. The Kier molecular flexibility index (Phi) is 4.99. The largest absolute Gasteiger partial charge is 0.343 e. The Morgan fingerprint density at radius 3 is 2.64 bits per heavy atom. The lowest BCUT2D eigenvalue weighted by atomic mass is 10.1. The predicted octanol–water partition coefficient (Wildman–Crippen LogP) is 3.50. The first kappa shape index (κ1) is 18.1. The van der Waals surface area contributed by atoms with Crippen LogP contribution in [0.1, 0.15) is 16.5 Å². The van der Waals surface area contributed by atoms with E-state index in [-0.39, 0.29) is 23.8 Å². The summed E-state index contributed by atoms with van der Waals surface area (Å²) in [6, 6.07) is 16.4. The molecule has 2 aromatic carbocycles. The number of benzene rings is 2. The topological polar surface area (TPSA) is 64.0 Å². The van der Waals surface area contributed by atoms with Crippen molar-refractivity contribution in [2.45, 2.75) is 12.6 Å². The van der Waals surface area contributed by atoms with Gasteiger partial charge in [-0.05, 0) is 41.3 Å². The highest BCUT2D eigenvalue weighted by molar-refractivity contribution is 7.10. The number of hydrogen-bond acceptors (Lipinski definition) is 4. The van der Waals surface area contributed by atoms with E-state index >= 15 is 0 Å². The van der Waals surface area contributed by atoms with E-state index < -0.39 is 6.04 Å². The van der Waals surface area contributed by atoms with Crippen LogP contribution in [0.3, 0.4) is 0 Å². The molecule has 2 heterocycles. The number of carbonyl (C=O) groups is 1. The molecule has 0 saturated carbocycles. The van der Waals surface area contributed by atoms with Crippen molar-refractivity contribution in [2.24, 2.45) is 0 Å². The molecule has 0 spiro atoms. The van der Waals surface area contributed by atoms with Gasteiger partial charge < -0.3 is 5.32 Å². The summed E-state index contributed by atoms with van der Waals surface area (Å²) in [5, 5.41) is 5.32. The normalized spacial score (nSPS) is 12.0. The average molecular weight is 393 g/mol. The minimum atomic E-state index is -0.419. The second kappa shape index (κ2) is 7.74. The van der Waals surface area contributed by atoms with Crippen molar-refractivity contribution in [1.82, 2.24) is 14.9 Å². The van der Waals surface area contributed by atoms with Gasteiger partial charge in [-0.1, -0.05) is 30.3 Å². The minimum Gasteiger partial charge on any atom is -0.343 e. The second-order valence-corrected chi connectivity index (χ2v) is 7.24. The molecule has 4 aromatic rings. The van der Waals surface area contributed by atoms with Gasteiger partial charge in [0.1, 0.15) is 12.4 Å². The third kappa shape index (κ3) is 3.70. The molecule has 0 saturated heterocycles. The van der Waals surface area contributed by atoms with Crippen molar-refractivity contribution in [3.05, 3.63) is 99.0 Å². The average Bonchev–Trinajstić information content (AvgIpc) is 3.24. The standard InChI is InChI=1S/C21H16FN3O2S/c22-15-9-7-14(8-10-15)20(18-6-3-11-28-18)24-19(26)12-25-13-23-17-5-2-1-4-16(17)21(25)27/h1-11,13,20H,12H2,(H,24,26)/t20-/m1/s1. The van der Waals surface area contributed by atoms with Crippen LogP contribution < -0.4 is 10.9 Å². The highest BCUT2D eigenvalue weighted by Gasteiger charge is 2.19. The molecule has 0 radical (unpaired) electrons. The number of carbonyl (C=O) groups excluding carboxylic acids is 1. The Hall–Kier alpha value is -3.32. The summed E-state index contributed by atoms with van der Waals surface area (Å²) in [6.07, 6.45) is 1.38. The summed E-state index contributed by atoms with van der Waals surface area (Å²) in [5.41, 5.74) is 1.09. The molecule has 2 aromatic heterocycles. The number of aromatic nitrogens is 2. The van der Waals surface area contributed by atoms with Gasteiger partial charge >= 0.3 is 0 Å². The Bertz CT molecular complexity index is 1170. The summed E-state index contributed by atoms with van der Waals surface area (Å²) in [6.45, 7) is -0.153. The molecule has 4 rings (SSSR count). The van der Waals surface area contributed by atoms with Crippen molar-refractivity contribution in [1.29, 1.82) is 0 Å². The lowest BCUT2D eigenvalue weighted by Gasteiger charge is -2.18. The number of nitrogens with one attached hydrogen (secondary N) is 1. The summed E-state index contributed by atoms with van der Waals surface area (Å²) in [5.74, 6) is -0.671. The lowest BCUT2D eigenvalue weighted by Crippen LogP contribution is -2.35. The summed E-state index contributed by atoms with van der Waals surface area (Å²) >= 11 is 1.49. The van der Waals surface area contributed by atoms with Crippen molar-refractivity contribution < 1.29 is 9.18 Å². The molecule has 140 valence electrons. The van der Waals surface area contributed by atoms with Crippen LogP contribution in [0.15, 0.2) is 77.2 Å². The number of halogens is 1. The number of para-hydroxylation sites is 1. The first-order valence-electron chi connectivity index (χ1n) is 8.64. The first-order valence-corrected chi connectivity index (χ1v) is 9.52. The maximum Gasteiger partial charge on any atom is 0.261 e. The van der Waals surface area contributed by atoms with E-state index in [0.29, 0.717) is 10.9 Å². The molecule has 1 N–H and O–H groups in total. The van der Waals surface area contributed by atoms with E-state index in [1.165, 1.54) is 34.4 Å². The second-order valence-electron chi connectivity index (χ2n) is 6.26. The Labute approximate surface area is 164 Å². The molecule has 0 aliphatic carbocycles. The van der Waals surface area contributed by atoms with Crippen molar-refractivity contribution in [3.63, 3.8) is 0 Å². The molecule has 0 unspecified atom stereocenters. The van der Waals surface area contributed by atoms with E-state index in [1.807, 2.05) is 17.5 Å². The third-order valence-corrected chi connectivity index (χ3v) is 5.32. The highest BCUT2D eigenvalue weighted by atomic mass is 32.1. The fraction of sp³-hybridized carbons (Fsp3) is 0.0952. The summed E-state index contributed by atoms with van der Waals surface area (Å²) < 4.78 is 14.6. The first-order chi connectivity index (χ1) is 13.6. The van der Waals surface area contributed by atoms with Crippen LogP contribution in [0.25, 0.3) is 10.9 Å². The van der Waals surface area contributed by atoms with Crippen LogP contribution in [0.4, 0.5) is 4.39 Å². The van der Waals surface area contributed by atoms with Crippen LogP contribution >= 0.6 is 11.3 Å². The Balaban J connectivity index is 1.59. The van der Waals surface area contributed by atoms with Gasteiger partial charge in [-0.15, -0.1) is 11.3 Å². The molecular formula is C21H16FN3O2S. The van der Waals surface area contributed by atoms with Gasteiger partial charge in [-0.2, -0.15) is 0 Å². The molecule has 0 fully saturated rings. The van der Waals surface area contributed by atoms with Gasteiger partial charge in [0.25, 0.3) is 5.56 Å². The zero-order valence-corrected chi connectivity index (χ0v) is 15.5. The van der Waals surface area contributed by atoms with E-state index in [2.05, 4.69) is 10.3 Å². The molecular weight excluding hydrogens is 377 g/mol. The fourth-order valence-electron chi connectivity index (χ4n) is 3.01. The minimum absolute atomic E-state index is 0.153. The zero-order chi connectivity index (χ0) is 19.5. The van der Waals surface area contributed by atoms with Gasteiger partial charge in [0.05, 0.1) is 23.3 Å². The smallest absolute Gasteiger partial charge is 0.261 e. The van der Waals surface area contributed by atoms with E-state index in [0.717, 1.165) is 10.4 Å². The maximum absolute atomic E-state index is 13.3. The van der Waals surface area contributed by atoms with Gasteiger partial charge in [-0.25, -0.2) is 9.37 Å². The highest BCUT2D eigenvalue weighted by Crippen LogP contribution is 2.26. The quantitative estimate of drug-likeness (QED) is 0.564. The number of fused-ring (bicyclic) bond motifs is 1. The maximum atomic E-state index is 13.3. The molecule has 0 aliphatic rings. The van der Waals surface area contributed by atoms with E-state index in [9.17, 15) is 14.0 Å². The molecule has 7 heteroatoms. The predicted molar refractivity (Wildman–Crippen MR) is 107 cm³/mol. The Morgan fingerprint density at radius 2 is 1.89 bits per heavy atom. The van der Waals surface area contributed by atoms with Crippen LogP contribution in [0, 0.1) is 5.82 Å². The monoisotopic (exact) mass is 393 g/mol. The molecule has 1 amide bonds. The van der Waals surface area contributed by atoms with Crippen molar-refractivity contribution in [3.8, 4) is 0 Å². The van der Waals surface area contributed by atoms with E-state index in [4.69, 9.17) is 0 Å². The molecule has 28 heavy (non-hydrogen) atoms. The van der Waals surface area contributed by atoms with Crippen molar-refractivity contribution >= 4 is 28.1 Å². The number of nitrogens with zero attached hydrogens (tertiary/aromatic N) is 2. The van der Waals surface area contributed by atoms with Gasteiger partial charge in [-0.3, -0.25) is 14.2 Å². The summed E-state index contributed by atoms with van der Waals surface area (Å²) in [7, 11) is 0. The van der Waals surface area contributed by atoms with Crippen molar-refractivity contribution in [2.75, 3.05) is 0 Å². The summed E-state index contributed by atoms with van der Waals surface area (Å²) in [4.78, 5) is 30.4. The van der Waals surface area contributed by atoms with Gasteiger partial charge in [0.15, 0.2) is 0 Å². The van der Waals surface area contributed by atoms with Gasteiger partial charge in [0, 0.05) is 4.88 Å². The lowest BCUT2D eigenvalue weighted by molar-refractivity contribution is -0.122. The zero-order valence-electron chi connectivity index (χ0n) is 14.7. The van der Waals surface area contributed by atoms with Crippen LogP contribution in [0.2, 0.25) is 0 Å². The number of rotatable bonds is 5.